The lowest BCUT2D eigenvalue weighted by atomic mass is 10.1. The third-order valence-corrected chi connectivity index (χ3v) is 3.28. The molecule has 0 rings (SSSR count). The van der Waals surface area contributed by atoms with E-state index >= 15 is 0 Å². The number of aliphatic hydroxyl groups is 1. The molecule has 3 atom stereocenters. The van der Waals surface area contributed by atoms with Crippen molar-refractivity contribution in [3.8, 4) is 0 Å². The van der Waals surface area contributed by atoms with Crippen molar-refractivity contribution < 1.29 is 29.4 Å². The Morgan fingerprint density at radius 3 is 2.20 bits per heavy atom. The first-order valence-electron chi connectivity index (χ1n) is 7.89. The van der Waals surface area contributed by atoms with Crippen molar-refractivity contribution in [2.24, 2.45) is 11.5 Å². The van der Waals surface area contributed by atoms with Gasteiger partial charge in [0.2, 0.25) is 17.7 Å². The van der Waals surface area contributed by atoms with Crippen molar-refractivity contribution in [2.75, 3.05) is 19.7 Å². The molecule has 0 spiro atoms. The van der Waals surface area contributed by atoms with Gasteiger partial charge in [0, 0.05) is 0 Å². The zero-order valence-corrected chi connectivity index (χ0v) is 14.2. The molecule has 0 saturated heterocycles. The average molecular weight is 361 g/mol. The molecule has 11 nitrogen and oxygen atoms in total. The summed E-state index contributed by atoms with van der Waals surface area (Å²) in [5.41, 5.74) is 10.8. The fourth-order valence-electron chi connectivity index (χ4n) is 1.82. The van der Waals surface area contributed by atoms with Gasteiger partial charge in [0.05, 0.1) is 6.61 Å². The number of rotatable bonds is 12. The Hall–Kier alpha value is -2.24. The maximum Gasteiger partial charge on any atom is 0.322 e. The van der Waals surface area contributed by atoms with Crippen LogP contribution in [0.25, 0.3) is 0 Å². The van der Waals surface area contributed by atoms with Crippen LogP contribution in [0.3, 0.4) is 0 Å². The highest BCUT2D eigenvalue weighted by atomic mass is 16.4. The zero-order valence-electron chi connectivity index (χ0n) is 14.2. The van der Waals surface area contributed by atoms with Crippen LogP contribution in [-0.4, -0.2) is 71.7 Å². The summed E-state index contributed by atoms with van der Waals surface area (Å²) in [5, 5.41) is 24.4. The number of aliphatic hydroxyl groups excluding tert-OH is 1. The summed E-state index contributed by atoms with van der Waals surface area (Å²) < 4.78 is 0. The highest BCUT2D eigenvalue weighted by molar-refractivity contribution is 5.93. The highest BCUT2D eigenvalue weighted by Crippen LogP contribution is 2.02. The maximum absolute atomic E-state index is 12.3. The van der Waals surface area contributed by atoms with E-state index in [4.69, 9.17) is 21.7 Å². The summed E-state index contributed by atoms with van der Waals surface area (Å²) in [4.78, 5) is 46.2. The van der Waals surface area contributed by atoms with Crippen LogP contribution in [0.5, 0.6) is 0 Å². The molecule has 0 aromatic rings. The molecule has 0 aliphatic rings. The van der Waals surface area contributed by atoms with E-state index in [0.29, 0.717) is 19.4 Å². The van der Waals surface area contributed by atoms with Crippen LogP contribution in [0.2, 0.25) is 0 Å². The molecule has 0 heterocycles. The summed E-state index contributed by atoms with van der Waals surface area (Å²) in [5.74, 6) is -3.20. The third-order valence-electron chi connectivity index (χ3n) is 3.28. The van der Waals surface area contributed by atoms with Gasteiger partial charge in [0.15, 0.2) is 0 Å². The number of amides is 3. The van der Waals surface area contributed by atoms with E-state index in [0.717, 1.165) is 0 Å². The number of carbonyl (C=O) groups excluding carboxylic acids is 3. The fourth-order valence-corrected chi connectivity index (χ4v) is 1.82. The molecule has 0 fully saturated rings. The second-order valence-corrected chi connectivity index (χ2v) is 5.48. The molecule has 3 unspecified atom stereocenters. The molecule has 144 valence electrons. The second kappa shape index (κ2) is 12.2. The number of hydrogen-bond acceptors (Lipinski definition) is 7. The normalized spacial score (nSPS) is 14.1. The Kier molecular flexibility index (Phi) is 11.1. The van der Waals surface area contributed by atoms with Gasteiger partial charge in [-0.2, -0.15) is 0 Å². The smallest absolute Gasteiger partial charge is 0.322 e. The molecule has 0 aromatic carbocycles. The first-order valence-corrected chi connectivity index (χ1v) is 7.89. The zero-order chi connectivity index (χ0) is 19.4. The number of aliphatic carboxylic acids is 1. The Morgan fingerprint density at radius 1 is 1.04 bits per heavy atom. The summed E-state index contributed by atoms with van der Waals surface area (Å²) in [6, 6.07) is -3.11. The van der Waals surface area contributed by atoms with E-state index in [-0.39, 0.29) is 6.42 Å². The van der Waals surface area contributed by atoms with Crippen LogP contribution in [-0.2, 0) is 19.2 Å². The van der Waals surface area contributed by atoms with Gasteiger partial charge in [-0.3, -0.25) is 19.2 Å². The number of unbranched alkanes of at least 4 members (excludes halogenated alkanes) is 1. The van der Waals surface area contributed by atoms with Crippen molar-refractivity contribution in [3.05, 3.63) is 0 Å². The number of nitrogens with one attached hydrogen (secondary N) is 3. The quantitative estimate of drug-likeness (QED) is 0.175. The lowest BCUT2D eigenvalue weighted by Crippen LogP contribution is -2.55. The van der Waals surface area contributed by atoms with E-state index in [9.17, 15) is 19.2 Å². The molecule has 0 saturated carbocycles. The lowest BCUT2D eigenvalue weighted by molar-refractivity contribution is -0.138. The van der Waals surface area contributed by atoms with Crippen molar-refractivity contribution in [1.82, 2.24) is 16.0 Å². The van der Waals surface area contributed by atoms with Crippen molar-refractivity contribution in [3.63, 3.8) is 0 Å². The molecule has 0 bridgehead atoms. The summed E-state index contributed by atoms with van der Waals surface area (Å²) in [6.07, 6.45) is 1.47. The fraction of sp³-hybridized carbons (Fsp3) is 0.714. The van der Waals surface area contributed by atoms with Gasteiger partial charge in [-0.25, -0.2) is 0 Å². The van der Waals surface area contributed by atoms with Gasteiger partial charge >= 0.3 is 5.97 Å². The maximum atomic E-state index is 12.3. The molecular formula is C14H27N5O6. The molecule has 9 N–H and O–H groups in total. The van der Waals surface area contributed by atoms with E-state index in [1.54, 1.807) is 0 Å². The number of nitrogens with two attached hydrogens (primary N) is 2. The summed E-state index contributed by atoms with van der Waals surface area (Å²) >= 11 is 0. The summed E-state index contributed by atoms with van der Waals surface area (Å²) in [7, 11) is 0. The third kappa shape index (κ3) is 9.59. The number of carboxylic acids is 1. The van der Waals surface area contributed by atoms with Crippen LogP contribution in [0.1, 0.15) is 26.2 Å². The molecule has 3 amide bonds. The van der Waals surface area contributed by atoms with Gasteiger partial charge in [-0.05, 0) is 32.7 Å². The SMILES string of the molecule is CC(NC(=O)C(CCCCN)NC(=O)C(N)CO)C(=O)NCC(=O)O. The Labute approximate surface area is 145 Å². The molecule has 0 aliphatic carbocycles. The van der Waals surface area contributed by atoms with Crippen LogP contribution in [0, 0.1) is 0 Å². The number of hydrogen-bond donors (Lipinski definition) is 7. The van der Waals surface area contributed by atoms with Gasteiger partial charge in [-0.1, -0.05) is 0 Å². The molecule has 0 aliphatic heterocycles. The largest absolute Gasteiger partial charge is 0.480 e. The van der Waals surface area contributed by atoms with Crippen LogP contribution >= 0.6 is 0 Å². The Morgan fingerprint density at radius 2 is 1.68 bits per heavy atom. The van der Waals surface area contributed by atoms with Crippen LogP contribution in [0.15, 0.2) is 0 Å². The van der Waals surface area contributed by atoms with Crippen LogP contribution < -0.4 is 27.4 Å². The number of carboxylic acid groups (broad SMARTS) is 1. The van der Waals surface area contributed by atoms with Gasteiger partial charge in [0.25, 0.3) is 0 Å². The molecule has 0 aromatic heterocycles. The predicted molar refractivity (Wildman–Crippen MR) is 88.1 cm³/mol. The van der Waals surface area contributed by atoms with Crippen molar-refractivity contribution in [1.29, 1.82) is 0 Å². The Balaban J connectivity index is 4.75. The minimum absolute atomic E-state index is 0.274. The van der Waals surface area contributed by atoms with Crippen molar-refractivity contribution >= 4 is 23.7 Å². The average Bonchev–Trinajstić information content (AvgIpc) is 2.57. The predicted octanol–water partition coefficient (Wildman–Crippen LogP) is -3.37. The molecular weight excluding hydrogens is 334 g/mol. The van der Waals surface area contributed by atoms with E-state index in [1.807, 2.05) is 0 Å². The van der Waals surface area contributed by atoms with Crippen LogP contribution in [0.4, 0.5) is 0 Å². The van der Waals surface area contributed by atoms with Gasteiger partial charge in [-0.15, -0.1) is 0 Å². The first kappa shape index (κ1) is 22.8. The van der Waals surface area contributed by atoms with Crippen molar-refractivity contribution in [2.45, 2.75) is 44.3 Å². The minimum atomic E-state index is -1.21. The van der Waals surface area contributed by atoms with E-state index < -0.39 is 55.0 Å². The molecule has 25 heavy (non-hydrogen) atoms. The molecule has 11 heteroatoms. The van der Waals surface area contributed by atoms with E-state index in [1.165, 1.54) is 6.92 Å². The topological polar surface area (TPSA) is 197 Å². The standard InChI is InChI=1S/C14H27N5O6/c1-8(12(23)17-6-11(21)22)18-14(25)10(4-2-3-5-15)19-13(24)9(16)7-20/h8-10,20H,2-7,15-16H2,1H3,(H,17,23)(H,18,25)(H,19,24)(H,21,22). The van der Waals surface area contributed by atoms with Gasteiger partial charge in [0.1, 0.15) is 24.7 Å². The first-order chi connectivity index (χ1) is 11.7. The Bertz CT molecular complexity index is 473. The van der Waals surface area contributed by atoms with E-state index in [2.05, 4.69) is 16.0 Å². The number of carbonyl (C=O) groups is 4. The minimum Gasteiger partial charge on any atom is -0.480 e. The second-order valence-electron chi connectivity index (χ2n) is 5.48. The summed E-state index contributed by atoms with van der Waals surface area (Å²) in [6.45, 7) is 0.664. The lowest BCUT2D eigenvalue weighted by Gasteiger charge is -2.22. The monoisotopic (exact) mass is 361 g/mol. The van der Waals surface area contributed by atoms with Gasteiger partial charge < -0.3 is 37.6 Å². The molecule has 0 radical (unpaired) electrons. The highest BCUT2D eigenvalue weighted by Gasteiger charge is 2.25.